The van der Waals surface area contributed by atoms with Crippen LogP contribution in [-0.2, 0) is 14.8 Å². The van der Waals surface area contributed by atoms with Crippen molar-refractivity contribution in [2.24, 2.45) is 15.9 Å². The number of amides is 1. The van der Waals surface area contributed by atoms with Gasteiger partial charge >= 0.3 is 0 Å². The molecule has 2 rings (SSSR count). The Morgan fingerprint density at radius 3 is 2.25 bits per heavy atom. The van der Waals surface area contributed by atoms with E-state index in [0.717, 1.165) is 11.1 Å². The number of aryl methyl sites for hydroxylation is 1. The van der Waals surface area contributed by atoms with E-state index in [0.29, 0.717) is 5.69 Å². The Morgan fingerprint density at radius 1 is 1.07 bits per heavy atom. The molecule has 0 aliphatic heterocycles. The average Bonchev–Trinajstić information content (AvgIpc) is 2.60. The summed E-state index contributed by atoms with van der Waals surface area (Å²) in [4.78, 5) is 11.8. The minimum absolute atomic E-state index is 0.0680. The lowest BCUT2D eigenvalue weighted by Crippen LogP contribution is -2.32. The number of nitrogens with two attached hydrogens (primary N) is 2. The molecule has 0 radical (unpaired) electrons. The van der Waals surface area contributed by atoms with Gasteiger partial charge in [0.15, 0.2) is 5.11 Å². The second-order valence-corrected chi connectivity index (χ2v) is 7.72. The summed E-state index contributed by atoms with van der Waals surface area (Å²) in [6.45, 7) is 1.98. The van der Waals surface area contributed by atoms with E-state index in [-0.39, 0.29) is 10.0 Å². The van der Waals surface area contributed by atoms with E-state index in [9.17, 15) is 13.2 Å². The molecule has 0 saturated heterocycles. The van der Waals surface area contributed by atoms with Crippen LogP contribution < -0.4 is 22.1 Å². The van der Waals surface area contributed by atoms with E-state index < -0.39 is 21.9 Å². The molecule has 0 aromatic heterocycles. The molecule has 2 aromatic carbocycles. The van der Waals surface area contributed by atoms with E-state index in [4.69, 9.17) is 23.7 Å². The minimum atomic E-state index is -3.96. The fourth-order valence-electron chi connectivity index (χ4n) is 2.07. The Hall–Kier alpha value is -3.24. The van der Waals surface area contributed by atoms with Crippen molar-refractivity contribution in [2.75, 3.05) is 5.32 Å². The summed E-state index contributed by atoms with van der Waals surface area (Å²) in [7, 11) is -3.96. The first-order valence-corrected chi connectivity index (χ1v) is 9.83. The van der Waals surface area contributed by atoms with Crippen LogP contribution in [0.4, 0.5) is 5.69 Å². The SMILES string of the molecule is Cc1ccc(/C=C/C(=O)NC(=S)Nc2ccc(S(=O)(=O)N=C(N)N)cc2)cc1. The van der Waals surface area contributed by atoms with Crippen LogP contribution in [0.5, 0.6) is 0 Å². The number of rotatable bonds is 5. The second kappa shape index (κ2) is 9.11. The molecule has 2 aromatic rings. The fourth-order valence-corrected chi connectivity index (χ4v) is 3.15. The molecule has 10 heteroatoms. The van der Waals surface area contributed by atoms with Gasteiger partial charge in [0.25, 0.3) is 10.0 Å². The van der Waals surface area contributed by atoms with E-state index in [2.05, 4.69) is 15.0 Å². The second-order valence-electron chi connectivity index (χ2n) is 5.70. The van der Waals surface area contributed by atoms with Crippen LogP contribution >= 0.6 is 12.2 Å². The first-order chi connectivity index (χ1) is 13.2. The smallest absolute Gasteiger partial charge is 0.285 e. The molecule has 0 saturated carbocycles. The van der Waals surface area contributed by atoms with Gasteiger partial charge in [-0.15, -0.1) is 4.40 Å². The monoisotopic (exact) mass is 417 g/mol. The highest BCUT2D eigenvalue weighted by atomic mass is 32.2. The highest BCUT2D eigenvalue weighted by molar-refractivity contribution is 7.90. The van der Waals surface area contributed by atoms with Gasteiger partial charge in [-0.1, -0.05) is 29.8 Å². The predicted molar refractivity (Wildman–Crippen MR) is 114 cm³/mol. The van der Waals surface area contributed by atoms with Gasteiger partial charge in [-0.2, -0.15) is 8.42 Å². The Morgan fingerprint density at radius 2 is 1.68 bits per heavy atom. The zero-order valence-corrected chi connectivity index (χ0v) is 16.5. The molecule has 0 unspecified atom stereocenters. The number of benzene rings is 2. The molecular formula is C18H19N5O3S2. The van der Waals surface area contributed by atoms with Crippen LogP contribution in [0.3, 0.4) is 0 Å². The predicted octanol–water partition coefficient (Wildman–Crippen LogP) is 1.48. The van der Waals surface area contributed by atoms with Crippen molar-refractivity contribution in [3.8, 4) is 0 Å². The molecular weight excluding hydrogens is 398 g/mol. The molecule has 6 N–H and O–H groups in total. The summed E-state index contributed by atoms with van der Waals surface area (Å²) < 4.78 is 26.9. The third-order valence-corrected chi connectivity index (χ3v) is 4.90. The Bertz CT molecular complexity index is 1020. The number of nitrogens with one attached hydrogen (secondary N) is 2. The highest BCUT2D eigenvalue weighted by Crippen LogP contribution is 2.16. The summed E-state index contributed by atoms with van der Waals surface area (Å²) >= 11 is 5.07. The standard InChI is InChI=1S/C18H19N5O3S2/c1-12-2-4-13(5-3-12)6-11-16(24)22-18(27)21-14-7-9-15(10-8-14)28(25,26)23-17(19)20/h2-11H,1H3,(H4,19,20,23)(H2,21,22,24,27)/b11-6+. The third-order valence-electron chi connectivity index (χ3n) is 3.38. The van der Waals surface area contributed by atoms with Gasteiger partial charge in [0, 0.05) is 11.8 Å². The number of carbonyl (C=O) groups is 1. The molecule has 1 amide bonds. The topological polar surface area (TPSA) is 140 Å². The molecule has 28 heavy (non-hydrogen) atoms. The largest absolute Gasteiger partial charge is 0.369 e. The molecule has 0 bridgehead atoms. The molecule has 0 atom stereocenters. The van der Waals surface area contributed by atoms with Crippen LogP contribution in [0.1, 0.15) is 11.1 Å². The Labute approximate surface area is 168 Å². The maximum Gasteiger partial charge on any atom is 0.285 e. The lowest BCUT2D eigenvalue weighted by molar-refractivity contribution is -0.115. The van der Waals surface area contributed by atoms with E-state index >= 15 is 0 Å². The van der Waals surface area contributed by atoms with Crippen molar-refractivity contribution in [2.45, 2.75) is 11.8 Å². The molecule has 0 heterocycles. The number of hydrogen-bond donors (Lipinski definition) is 4. The van der Waals surface area contributed by atoms with Gasteiger partial charge in [0.2, 0.25) is 11.9 Å². The van der Waals surface area contributed by atoms with Gasteiger partial charge in [0.1, 0.15) is 0 Å². The van der Waals surface area contributed by atoms with Crippen molar-refractivity contribution < 1.29 is 13.2 Å². The van der Waals surface area contributed by atoms with Crippen LogP contribution in [0.15, 0.2) is 63.9 Å². The normalized spacial score (nSPS) is 11.0. The zero-order valence-electron chi connectivity index (χ0n) is 14.9. The zero-order chi connectivity index (χ0) is 20.7. The van der Waals surface area contributed by atoms with Crippen molar-refractivity contribution in [1.82, 2.24) is 5.32 Å². The minimum Gasteiger partial charge on any atom is -0.369 e. The maximum atomic E-state index is 11.9. The van der Waals surface area contributed by atoms with Crippen LogP contribution in [-0.4, -0.2) is 25.4 Å². The highest BCUT2D eigenvalue weighted by Gasteiger charge is 2.13. The Balaban J connectivity index is 1.94. The maximum absolute atomic E-state index is 11.9. The lowest BCUT2D eigenvalue weighted by Gasteiger charge is -2.08. The lowest BCUT2D eigenvalue weighted by atomic mass is 10.1. The van der Waals surface area contributed by atoms with Gasteiger partial charge < -0.3 is 16.8 Å². The number of thiocarbonyl (C=S) groups is 1. The van der Waals surface area contributed by atoms with E-state index in [1.54, 1.807) is 6.08 Å². The third kappa shape index (κ3) is 6.49. The molecule has 0 fully saturated rings. The number of anilines is 1. The molecule has 0 aliphatic rings. The summed E-state index contributed by atoms with van der Waals surface area (Å²) in [5, 5.41) is 5.35. The molecule has 0 aliphatic carbocycles. The number of hydrogen-bond acceptors (Lipinski definition) is 4. The van der Waals surface area contributed by atoms with Gasteiger partial charge in [-0.05, 0) is 55.0 Å². The van der Waals surface area contributed by atoms with Crippen LogP contribution in [0.25, 0.3) is 6.08 Å². The first kappa shape index (κ1) is 21.1. The average molecular weight is 418 g/mol. The summed E-state index contributed by atoms with van der Waals surface area (Å²) in [6.07, 6.45) is 3.03. The number of nitrogens with zero attached hydrogens (tertiary/aromatic N) is 1. The van der Waals surface area contributed by atoms with Crippen molar-refractivity contribution in [3.63, 3.8) is 0 Å². The van der Waals surface area contributed by atoms with Gasteiger partial charge in [0.05, 0.1) is 4.90 Å². The van der Waals surface area contributed by atoms with Crippen LogP contribution in [0, 0.1) is 6.92 Å². The fraction of sp³-hybridized carbons (Fsp3) is 0.0556. The molecule has 0 spiro atoms. The van der Waals surface area contributed by atoms with Gasteiger partial charge in [-0.3, -0.25) is 10.1 Å². The van der Waals surface area contributed by atoms with E-state index in [1.165, 1.54) is 30.3 Å². The number of sulfonamides is 1. The molecule has 8 nitrogen and oxygen atoms in total. The van der Waals surface area contributed by atoms with Crippen molar-refractivity contribution in [3.05, 3.63) is 65.7 Å². The molecule has 146 valence electrons. The van der Waals surface area contributed by atoms with E-state index in [1.807, 2.05) is 31.2 Å². The summed E-state index contributed by atoms with van der Waals surface area (Å²) in [5.74, 6) is -0.949. The van der Waals surface area contributed by atoms with Crippen molar-refractivity contribution >= 4 is 51.0 Å². The number of guanidine groups is 1. The van der Waals surface area contributed by atoms with Crippen molar-refractivity contribution in [1.29, 1.82) is 0 Å². The quantitative estimate of drug-likeness (QED) is 0.250. The summed E-state index contributed by atoms with van der Waals surface area (Å²) in [5.41, 5.74) is 12.7. The summed E-state index contributed by atoms with van der Waals surface area (Å²) in [6, 6.07) is 13.2. The van der Waals surface area contributed by atoms with Crippen LogP contribution in [0.2, 0.25) is 0 Å². The Kier molecular flexibility index (Phi) is 6.85. The van der Waals surface area contributed by atoms with Gasteiger partial charge in [-0.25, -0.2) is 0 Å². The first-order valence-electron chi connectivity index (χ1n) is 7.98. The number of carbonyl (C=O) groups excluding carboxylic acids is 1.